The zero-order valence-electron chi connectivity index (χ0n) is 10.6. The van der Waals surface area contributed by atoms with Crippen LogP contribution in [0.15, 0.2) is 24.3 Å². The van der Waals surface area contributed by atoms with Gasteiger partial charge in [0, 0.05) is 0 Å². The van der Waals surface area contributed by atoms with Gasteiger partial charge < -0.3 is 4.74 Å². The zero-order chi connectivity index (χ0) is 13.2. The average Bonchev–Trinajstić information content (AvgIpc) is 2.99. The molecule has 0 N–H and O–H groups in total. The van der Waals surface area contributed by atoms with E-state index in [1.54, 1.807) is 11.6 Å². The standard InChI is InChI=1S/C13H12N4OS/c1-9-14-15-13-17(9)16-12(19-13)8-5-10-3-6-11(18-2)7-4-10/h3-8H,1-2H3. The average molecular weight is 272 g/mol. The van der Waals surface area contributed by atoms with E-state index in [9.17, 15) is 0 Å². The van der Waals surface area contributed by atoms with Crippen molar-refractivity contribution < 1.29 is 4.74 Å². The molecule has 5 nitrogen and oxygen atoms in total. The molecular weight excluding hydrogens is 260 g/mol. The van der Waals surface area contributed by atoms with E-state index >= 15 is 0 Å². The van der Waals surface area contributed by atoms with Crippen molar-refractivity contribution in [3.63, 3.8) is 0 Å². The number of aromatic nitrogens is 4. The summed E-state index contributed by atoms with van der Waals surface area (Å²) >= 11 is 1.51. The second-order valence-corrected chi connectivity index (χ2v) is 4.98. The highest BCUT2D eigenvalue weighted by Crippen LogP contribution is 2.17. The Balaban J connectivity index is 1.84. The Morgan fingerprint density at radius 3 is 2.63 bits per heavy atom. The number of benzene rings is 1. The molecule has 1 aromatic carbocycles. The molecule has 19 heavy (non-hydrogen) atoms. The summed E-state index contributed by atoms with van der Waals surface area (Å²) in [5, 5.41) is 13.3. The fourth-order valence-corrected chi connectivity index (χ4v) is 2.47. The number of ether oxygens (including phenoxy) is 1. The van der Waals surface area contributed by atoms with Gasteiger partial charge in [-0.1, -0.05) is 29.5 Å². The van der Waals surface area contributed by atoms with E-state index in [2.05, 4.69) is 15.3 Å². The number of nitrogens with zero attached hydrogens (tertiary/aromatic N) is 4. The van der Waals surface area contributed by atoms with E-state index in [-0.39, 0.29) is 0 Å². The van der Waals surface area contributed by atoms with Crippen molar-refractivity contribution in [2.24, 2.45) is 0 Å². The van der Waals surface area contributed by atoms with Gasteiger partial charge in [-0.25, -0.2) is 0 Å². The van der Waals surface area contributed by atoms with E-state index in [0.29, 0.717) is 0 Å². The van der Waals surface area contributed by atoms with E-state index < -0.39 is 0 Å². The normalized spacial score (nSPS) is 11.5. The van der Waals surface area contributed by atoms with E-state index in [0.717, 1.165) is 27.1 Å². The van der Waals surface area contributed by atoms with Crippen LogP contribution in [0, 0.1) is 6.92 Å². The van der Waals surface area contributed by atoms with Gasteiger partial charge in [-0.3, -0.25) is 0 Å². The largest absolute Gasteiger partial charge is 0.497 e. The van der Waals surface area contributed by atoms with Gasteiger partial charge in [0.1, 0.15) is 10.8 Å². The number of aryl methyl sites for hydroxylation is 1. The van der Waals surface area contributed by atoms with Crippen molar-refractivity contribution in [2.45, 2.75) is 6.92 Å². The predicted molar refractivity (Wildman–Crippen MR) is 75.3 cm³/mol. The summed E-state index contributed by atoms with van der Waals surface area (Å²) in [6.07, 6.45) is 3.99. The summed E-state index contributed by atoms with van der Waals surface area (Å²) in [6, 6.07) is 7.87. The van der Waals surface area contributed by atoms with E-state index in [1.807, 2.05) is 43.3 Å². The molecular formula is C13H12N4OS. The van der Waals surface area contributed by atoms with Gasteiger partial charge in [-0.15, -0.1) is 10.2 Å². The van der Waals surface area contributed by atoms with E-state index in [1.165, 1.54) is 11.3 Å². The Kier molecular flexibility index (Phi) is 3.00. The van der Waals surface area contributed by atoms with Crippen LogP contribution in [-0.4, -0.2) is 26.9 Å². The van der Waals surface area contributed by atoms with Gasteiger partial charge in [-0.2, -0.15) is 9.61 Å². The first kappa shape index (κ1) is 11.9. The van der Waals surface area contributed by atoms with Crippen molar-refractivity contribution in [2.75, 3.05) is 7.11 Å². The SMILES string of the molecule is COc1ccc(C=Cc2nn3c(C)nnc3s2)cc1. The van der Waals surface area contributed by atoms with Crippen LogP contribution < -0.4 is 4.74 Å². The van der Waals surface area contributed by atoms with Gasteiger partial charge in [0.15, 0.2) is 5.82 Å². The highest BCUT2D eigenvalue weighted by atomic mass is 32.1. The first-order valence-electron chi connectivity index (χ1n) is 5.77. The topological polar surface area (TPSA) is 52.3 Å². The fraction of sp³-hybridized carbons (Fsp3) is 0.154. The molecule has 0 fully saturated rings. The third-order valence-electron chi connectivity index (χ3n) is 2.70. The second-order valence-electron chi connectivity index (χ2n) is 3.99. The van der Waals surface area contributed by atoms with Crippen LogP contribution in [-0.2, 0) is 0 Å². The van der Waals surface area contributed by atoms with Crippen LogP contribution >= 0.6 is 11.3 Å². The lowest BCUT2D eigenvalue weighted by molar-refractivity contribution is 0.415. The monoisotopic (exact) mass is 272 g/mol. The molecule has 0 radical (unpaired) electrons. The molecule has 0 saturated heterocycles. The Hall–Kier alpha value is -2.21. The number of hydrogen-bond donors (Lipinski definition) is 0. The van der Waals surface area contributed by atoms with Crippen molar-refractivity contribution in [1.29, 1.82) is 0 Å². The van der Waals surface area contributed by atoms with Crippen molar-refractivity contribution in [3.05, 3.63) is 40.7 Å². The third kappa shape index (κ3) is 2.34. The smallest absolute Gasteiger partial charge is 0.234 e. The molecule has 6 heteroatoms. The van der Waals surface area contributed by atoms with Gasteiger partial charge in [-0.05, 0) is 30.7 Å². The highest BCUT2D eigenvalue weighted by Gasteiger charge is 2.05. The van der Waals surface area contributed by atoms with Crippen LogP contribution in [0.5, 0.6) is 5.75 Å². The highest BCUT2D eigenvalue weighted by molar-refractivity contribution is 7.17. The summed E-state index contributed by atoms with van der Waals surface area (Å²) in [4.78, 5) is 0.812. The molecule has 3 aromatic rings. The first-order chi connectivity index (χ1) is 9.26. The Morgan fingerprint density at radius 2 is 1.95 bits per heavy atom. The molecule has 0 spiro atoms. The maximum absolute atomic E-state index is 5.12. The minimum atomic E-state index is 0.801. The summed E-state index contributed by atoms with van der Waals surface area (Å²) in [5.74, 6) is 1.65. The van der Waals surface area contributed by atoms with Gasteiger partial charge in [0.2, 0.25) is 4.96 Å². The molecule has 2 aromatic heterocycles. The summed E-state index contributed by atoms with van der Waals surface area (Å²) < 4.78 is 6.87. The molecule has 0 bridgehead atoms. The van der Waals surface area contributed by atoms with Crippen LogP contribution in [0.25, 0.3) is 17.1 Å². The van der Waals surface area contributed by atoms with E-state index in [4.69, 9.17) is 4.74 Å². The molecule has 3 rings (SSSR count). The van der Waals surface area contributed by atoms with Crippen LogP contribution in [0.1, 0.15) is 16.4 Å². The lowest BCUT2D eigenvalue weighted by Gasteiger charge is -1.98. The molecule has 0 amide bonds. The molecule has 0 aliphatic heterocycles. The number of hydrogen-bond acceptors (Lipinski definition) is 5. The zero-order valence-corrected chi connectivity index (χ0v) is 11.4. The maximum Gasteiger partial charge on any atom is 0.234 e. The molecule has 0 atom stereocenters. The lowest BCUT2D eigenvalue weighted by Crippen LogP contribution is -1.87. The third-order valence-corrected chi connectivity index (χ3v) is 3.56. The van der Waals surface area contributed by atoms with Gasteiger partial charge in [0.25, 0.3) is 0 Å². The van der Waals surface area contributed by atoms with Crippen molar-refractivity contribution >= 4 is 28.4 Å². The maximum atomic E-state index is 5.12. The molecule has 0 aliphatic carbocycles. The Labute approximate surface area is 114 Å². The van der Waals surface area contributed by atoms with Crippen molar-refractivity contribution in [3.8, 4) is 5.75 Å². The van der Waals surface area contributed by atoms with Gasteiger partial charge >= 0.3 is 0 Å². The molecule has 96 valence electrons. The lowest BCUT2D eigenvalue weighted by atomic mass is 10.2. The van der Waals surface area contributed by atoms with Crippen LogP contribution in [0.3, 0.4) is 0 Å². The minimum absolute atomic E-state index is 0.801. The number of methoxy groups -OCH3 is 1. The summed E-state index contributed by atoms with van der Waals surface area (Å²) in [6.45, 7) is 1.89. The summed E-state index contributed by atoms with van der Waals surface area (Å²) in [5.41, 5.74) is 1.10. The second kappa shape index (κ2) is 4.81. The summed E-state index contributed by atoms with van der Waals surface area (Å²) in [7, 11) is 1.66. The Bertz CT molecular complexity index is 727. The quantitative estimate of drug-likeness (QED) is 0.735. The minimum Gasteiger partial charge on any atom is -0.497 e. The number of rotatable bonds is 3. The fourth-order valence-electron chi connectivity index (χ4n) is 1.68. The molecule has 0 unspecified atom stereocenters. The first-order valence-corrected chi connectivity index (χ1v) is 6.59. The molecule has 0 saturated carbocycles. The van der Waals surface area contributed by atoms with Gasteiger partial charge in [0.05, 0.1) is 7.11 Å². The number of fused-ring (bicyclic) bond motifs is 1. The van der Waals surface area contributed by atoms with Crippen molar-refractivity contribution in [1.82, 2.24) is 19.8 Å². The van der Waals surface area contributed by atoms with Crippen LogP contribution in [0.2, 0.25) is 0 Å². The Morgan fingerprint density at radius 1 is 1.16 bits per heavy atom. The molecule has 0 aliphatic rings. The predicted octanol–water partition coefficient (Wildman–Crippen LogP) is 2.67. The molecule has 2 heterocycles. The van der Waals surface area contributed by atoms with Crippen LogP contribution in [0.4, 0.5) is 0 Å².